The second-order valence-electron chi connectivity index (χ2n) is 4.96. The van der Waals surface area contributed by atoms with E-state index in [1.165, 1.54) is 0 Å². The van der Waals surface area contributed by atoms with E-state index in [9.17, 15) is 13.2 Å². The summed E-state index contributed by atoms with van der Waals surface area (Å²) in [6.45, 7) is 6.29. The van der Waals surface area contributed by atoms with E-state index in [1.807, 2.05) is 26.0 Å². The summed E-state index contributed by atoms with van der Waals surface area (Å²) in [5.74, 6) is 0.242. The third kappa shape index (κ3) is 4.32. The number of anilines is 2. The largest absolute Gasteiger partial charge is 0.492 e. The average molecular weight is 355 g/mol. The van der Waals surface area contributed by atoms with Crippen LogP contribution in [-0.4, -0.2) is 29.7 Å². The van der Waals surface area contributed by atoms with Crippen LogP contribution in [-0.2, 0) is 6.18 Å². The van der Waals surface area contributed by atoms with Crippen molar-refractivity contribution < 1.29 is 22.6 Å². The number of hydrogen-bond acceptors (Lipinski definition) is 5. The maximum Gasteiger partial charge on any atom is 0.423 e. The van der Waals surface area contributed by atoms with Crippen LogP contribution in [0.15, 0.2) is 30.5 Å². The van der Waals surface area contributed by atoms with Gasteiger partial charge in [0, 0.05) is 12.7 Å². The first kappa shape index (κ1) is 18.8. The lowest BCUT2D eigenvalue weighted by molar-refractivity contribution is -0.139. The highest BCUT2D eigenvalue weighted by Crippen LogP contribution is 2.37. The van der Waals surface area contributed by atoms with Gasteiger partial charge in [-0.15, -0.1) is 0 Å². The average Bonchev–Trinajstić information content (AvgIpc) is 2.57. The molecule has 0 N–H and O–H groups in total. The molecule has 0 radical (unpaired) electrons. The maximum absolute atomic E-state index is 13.1. The lowest BCUT2D eigenvalue weighted by atomic mass is 10.2. The number of benzene rings is 1. The fourth-order valence-electron chi connectivity index (χ4n) is 2.31. The van der Waals surface area contributed by atoms with Crippen LogP contribution in [0.1, 0.15) is 26.3 Å². The minimum Gasteiger partial charge on any atom is -0.492 e. The van der Waals surface area contributed by atoms with Gasteiger partial charge in [0.25, 0.3) is 0 Å². The maximum atomic E-state index is 13.1. The summed E-state index contributed by atoms with van der Waals surface area (Å²) in [6.07, 6.45) is -3.83. The highest BCUT2D eigenvalue weighted by atomic mass is 19.4. The number of halogens is 3. The molecule has 8 heteroatoms. The number of hydrogen-bond donors (Lipinski definition) is 0. The summed E-state index contributed by atoms with van der Waals surface area (Å²) in [5.41, 5.74) is -0.318. The topological polar surface area (TPSA) is 47.5 Å². The molecule has 0 amide bonds. The molecule has 0 unspecified atom stereocenters. The molecule has 1 heterocycles. The SMILES string of the molecule is CCOc1ccccc1N(CC)c1ncc(C(F)(F)F)c(OCC)n1. The Morgan fingerprint density at radius 2 is 1.72 bits per heavy atom. The van der Waals surface area contributed by atoms with E-state index < -0.39 is 17.6 Å². The molecule has 2 aromatic rings. The van der Waals surface area contributed by atoms with E-state index in [1.54, 1.807) is 24.0 Å². The Bertz CT molecular complexity index is 708. The second-order valence-corrected chi connectivity index (χ2v) is 4.96. The number of ether oxygens (including phenoxy) is 2. The van der Waals surface area contributed by atoms with Gasteiger partial charge in [-0.2, -0.15) is 18.2 Å². The highest BCUT2D eigenvalue weighted by molar-refractivity contribution is 5.65. The Balaban J connectivity index is 2.50. The Morgan fingerprint density at radius 1 is 1.04 bits per heavy atom. The molecule has 1 aromatic carbocycles. The fraction of sp³-hybridized carbons (Fsp3) is 0.412. The fourth-order valence-corrected chi connectivity index (χ4v) is 2.31. The van der Waals surface area contributed by atoms with Crippen molar-refractivity contribution in [3.05, 3.63) is 36.0 Å². The number of rotatable bonds is 7. The molecule has 0 spiro atoms. The van der Waals surface area contributed by atoms with Crippen LogP contribution in [0, 0.1) is 0 Å². The molecule has 136 valence electrons. The highest BCUT2D eigenvalue weighted by Gasteiger charge is 2.36. The van der Waals surface area contributed by atoms with Crippen molar-refractivity contribution >= 4 is 11.6 Å². The molecule has 0 aliphatic rings. The molecular formula is C17H20F3N3O2. The molecule has 0 bridgehead atoms. The second kappa shape index (κ2) is 8.04. The summed E-state index contributed by atoms with van der Waals surface area (Å²) >= 11 is 0. The van der Waals surface area contributed by atoms with E-state index in [-0.39, 0.29) is 12.6 Å². The Morgan fingerprint density at radius 3 is 2.32 bits per heavy atom. The van der Waals surface area contributed by atoms with Crippen LogP contribution in [0.4, 0.5) is 24.8 Å². The van der Waals surface area contributed by atoms with Gasteiger partial charge in [-0.05, 0) is 32.9 Å². The molecule has 0 aliphatic carbocycles. The van der Waals surface area contributed by atoms with E-state index in [0.29, 0.717) is 24.6 Å². The molecule has 5 nitrogen and oxygen atoms in total. The van der Waals surface area contributed by atoms with Crippen LogP contribution >= 0.6 is 0 Å². The molecular weight excluding hydrogens is 335 g/mol. The number of para-hydroxylation sites is 2. The van der Waals surface area contributed by atoms with Gasteiger partial charge < -0.3 is 14.4 Å². The summed E-state index contributed by atoms with van der Waals surface area (Å²) in [6, 6.07) is 7.22. The third-order valence-corrected chi connectivity index (χ3v) is 3.34. The first-order valence-electron chi connectivity index (χ1n) is 7.98. The number of aromatic nitrogens is 2. The molecule has 1 aromatic heterocycles. The van der Waals surface area contributed by atoms with Crippen molar-refractivity contribution in [3.63, 3.8) is 0 Å². The molecule has 25 heavy (non-hydrogen) atoms. The minimum absolute atomic E-state index is 0.0706. The summed E-state index contributed by atoms with van der Waals surface area (Å²) in [5, 5.41) is 0. The first-order valence-corrected chi connectivity index (χ1v) is 7.98. The zero-order valence-electron chi connectivity index (χ0n) is 14.3. The molecule has 0 saturated heterocycles. The van der Waals surface area contributed by atoms with Gasteiger partial charge in [0.05, 0.1) is 18.9 Å². The van der Waals surface area contributed by atoms with Gasteiger partial charge in [0.2, 0.25) is 11.8 Å². The van der Waals surface area contributed by atoms with Crippen molar-refractivity contribution in [2.45, 2.75) is 26.9 Å². The van der Waals surface area contributed by atoms with E-state index in [4.69, 9.17) is 9.47 Å². The van der Waals surface area contributed by atoms with Crippen molar-refractivity contribution in [3.8, 4) is 11.6 Å². The monoisotopic (exact) mass is 355 g/mol. The first-order chi connectivity index (χ1) is 11.9. The van der Waals surface area contributed by atoms with Crippen molar-refractivity contribution in [2.75, 3.05) is 24.7 Å². The van der Waals surface area contributed by atoms with Crippen molar-refractivity contribution in [1.29, 1.82) is 0 Å². The van der Waals surface area contributed by atoms with Gasteiger partial charge >= 0.3 is 6.18 Å². The van der Waals surface area contributed by atoms with Crippen LogP contribution in [0.2, 0.25) is 0 Å². The number of nitrogens with zero attached hydrogens (tertiary/aromatic N) is 3. The van der Waals surface area contributed by atoms with Crippen molar-refractivity contribution in [1.82, 2.24) is 9.97 Å². The molecule has 0 aliphatic heterocycles. The number of alkyl halides is 3. The molecule has 2 rings (SSSR count). The smallest absolute Gasteiger partial charge is 0.423 e. The minimum atomic E-state index is -4.58. The van der Waals surface area contributed by atoms with E-state index >= 15 is 0 Å². The van der Waals surface area contributed by atoms with Gasteiger partial charge in [-0.3, -0.25) is 0 Å². The third-order valence-electron chi connectivity index (χ3n) is 3.34. The zero-order valence-corrected chi connectivity index (χ0v) is 14.3. The summed E-state index contributed by atoms with van der Waals surface area (Å²) < 4.78 is 49.9. The summed E-state index contributed by atoms with van der Waals surface area (Å²) in [4.78, 5) is 9.57. The quantitative estimate of drug-likeness (QED) is 0.734. The predicted octanol–water partition coefficient (Wildman–Crippen LogP) is 4.45. The van der Waals surface area contributed by atoms with Crippen LogP contribution in [0.5, 0.6) is 11.6 Å². The van der Waals surface area contributed by atoms with Crippen LogP contribution in [0.25, 0.3) is 0 Å². The Labute approximate surface area is 144 Å². The standard InChI is InChI=1S/C17H20F3N3O2/c1-4-23(13-9-7-8-10-14(13)24-5-2)16-21-11-12(17(18,19)20)15(22-16)25-6-3/h7-11H,4-6H2,1-3H3. The lowest BCUT2D eigenvalue weighted by Gasteiger charge is -2.24. The Kier molecular flexibility index (Phi) is 6.06. The molecule has 0 fully saturated rings. The Hall–Kier alpha value is -2.51. The van der Waals surface area contributed by atoms with Gasteiger partial charge in [0.1, 0.15) is 11.3 Å². The van der Waals surface area contributed by atoms with Crippen LogP contribution < -0.4 is 14.4 Å². The normalized spacial score (nSPS) is 11.3. The van der Waals surface area contributed by atoms with E-state index in [2.05, 4.69) is 9.97 Å². The van der Waals surface area contributed by atoms with Gasteiger partial charge in [-0.25, -0.2) is 4.98 Å². The molecule has 0 saturated carbocycles. The summed E-state index contributed by atoms with van der Waals surface area (Å²) in [7, 11) is 0. The van der Waals surface area contributed by atoms with E-state index in [0.717, 1.165) is 6.20 Å². The van der Waals surface area contributed by atoms with Crippen LogP contribution in [0.3, 0.4) is 0 Å². The zero-order chi connectivity index (χ0) is 18.4. The predicted molar refractivity (Wildman–Crippen MR) is 88.5 cm³/mol. The van der Waals surface area contributed by atoms with Gasteiger partial charge in [0.15, 0.2) is 0 Å². The van der Waals surface area contributed by atoms with Crippen molar-refractivity contribution in [2.24, 2.45) is 0 Å². The molecule has 0 atom stereocenters. The van der Waals surface area contributed by atoms with Gasteiger partial charge in [-0.1, -0.05) is 12.1 Å². The lowest BCUT2D eigenvalue weighted by Crippen LogP contribution is -2.21.